The molecule has 4 heterocycles. The van der Waals surface area contributed by atoms with E-state index in [2.05, 4.69) is 49.2 Å². The van der Waals surface area contributed by atoms with Crippen LogP contribution in [0.2, 0.25) is 0 Å². The Hall–Kier alpha value is -3.88. The van der Waals surface area contributed by atoms with Gasteiger partial charge in [-0.05, 0) is 67.5 Å². The van der Waals surface area contributed by atoms with E-state index in [9.17, 15) is 0 Å². The zero-order valence-corrected chi connectivity index (χ0v) is 21.7. The van der Waals surface area contributed by atoms with Crippen LogP contribution in [0.15, 0.2) is 16.7 Å². The van der Waals surface area contributed by atoms with E-state index < -0.39 is 0 Å². The molecule has 0 amide bonds. The largest absolute Gasteiger partial charge is 0.496 e. The number of benzene rings is 1. The van der Waals surface area contributed by atoms with Gasteiger partial charge in [-0.25, -0.2) is 14.6 Å². The molecule has 182 valence electrons. The Labute approximate surface area is 203 Å². The van der Waals surface area contributed by atoms with Gasteiger partial charge < -0.3 is 19.6 Å². The van der Waals surface area contributed by atoms with Gasteiger partial charge in [-0.2, -0.15) is 5.10 Å². The van der Waals surface area contributed by atoms with Crippen molar-refractivity contribution in [2.75, 3.05) is 12.4 Å². The Bertz CT molecular complexity index is 1580. The van der Waals surface area contributed by atoms with Gasteiger partial charge in [0, 0.05) is 22.0 Å². The zero-order chi connectivity index (χ0) is 25.2. The minimum absolute atomic E-state index is 0.199. The molecule has 35 heavy (non-hydrogen) atoms. The molecule has 5 rings (SSSR count). The highest BCUT2D eigenvalue weighted by Gasteiger charge is 2.24. The molecule has 0 unspecified atom stereocenters. The van der Waals surface area contributed by atoms with E-state index in [0.29, 0.717) is 5.82 Å². The van der Waals surface area contributed by atoms with Crippen LogP contribution in [0.1, 0.15) is 49.3 Å². The van der Waals surface area contributed by atoms with Crippen LogP contribution in [0.4, 0.5) is 11.6 Å². The summed E-state index contributed by atoms with van der Waals surface area (Å²) in [5.74, 6) is 3.78. The molecule has 0 atom stereocenters. The predicted octanol–water partition coefficient (Wildman–Crippen LogP) is 6.01. The molecule has 0 aliphatic carbocycles. The molecule has 9 nitrogen and oxygen atoms in total. The molecule has 0 fully saturated rings. The van der Waals surface area contributed by atoms with E-state index in [4.69, 9.17) is 24.3 Å². The third-order valence-electron chi connectivity index (χ3n) is 6.42. The molecule has 0 radical (unpaired) electrons. The second-order valence-corrected chi connectivity index (χ2v) is 10.0. The van der Waals surface area contributed by atoms with E-state index in [-0.39, 0.29) is 5.54 Å². The number of anilines is 2. The monoisotopic (exact) mass is 473 g/mol. The fourth-order valence-corrected chi connectivity index (χ4v) is 4.61. The number of aromatic amines is 1. The third kappa shape index (κ3) is 3.62. The molecular formula is C26H31N7O2. The summed E-state index contributed by atoms with van der Waals surface area (Å²) >= 11 is 0. The highest BCUT2D eigenvalue weighted by Crippen LogP contribution is 2.41. The van der Waals surface area contributed by atoms with E-state index >= 15 is 0 Å². The second-order valence-electron chi connectivity index (χ2n) is 10.0. The Kier molecular flexibility index (Phi) is 5.12. The maximum absolute atomic E-state index is 5.82. The second kappa shape index (κ2) is 7.83. The molecule has 1 aromatic carbocycles. The van der Waals surface area contributed by atoms with Gasteiger partial charge in [-0.1, -0.05) is 5.16 Å². The van der Waals surface area contributed by atoms with Gasteiger partial charge in [0.25, 0.3) is 0 Å². The number of fused-ring (bicyclic) bond motifs is 3. The lowest BCUT2D eigenvalue weighted by Crippen LogP contribution is -2.25. The van der Waals surface area contributed by atoms with Crippen LogP contribution < -0.4 is 10.1 Å². The standard InChI is InChI=1S/C26H31N7O2/c1-12-13(2)31-33(26(6,7)8)25(12)30-24-22-17-11-20(34-9)18(21-14(3)32-35-15(21)4)10-19(17)29-23(22)27-16(5)28-24/h10-11H,1-9H3,(H2,27,28,29,30). The highest BCUT2D eigenvalue weighted by molar-refractivity contribution is 6.13. The van der Waals surface area contributed by atoms with Crippen molar-refractivity contribution in [3.8, 4) is 16.9 Å². The summed E-state index contributed by atoms with van der Waals surface area (Å²) in [4.78, 5) is 13.0. The lowest BCUT2D eigenvalue weighted by atomic mass is 10.0. The fraction of sp³-hybridized carbons (Fsp3) is 0.385. The first-order valence-corrected chi connectivity index (χ1v) is 11.6. The first-order chi connectivity index (χ1) is 16.5. The van der Waals surface area contributed by atoms with Crippen LogP contribution in [0.3, 0.4) is 0 Å². The molecule has 0 saturated carbocycles. The molecule has 5 aromatic rings. The van der Waals surface area contributed by atoms with Crippen LogP contribution in [0.25, 0.3) is 33.1 Å². The lowest BCUT2D eigenvalue weighted by Gasteiger charge is -2.23. The molecule has 0 spiro atoms. The summed E-state index contributed by atoms with van der Waals surface area (Å²) in [6.45, 7) is 16.2. The maximum atomic E-state index is 5.82. The molecule has 2 N–H and O–H groups in total. The summed E-state index contributed by atoms with van der Waals surface area (Å²) in [7, 11) is 1.67. The van der Waals surface area contributed by atoms with Gasteiger partial charge in [0.1, 0.15) is 34.6 Å². The lowest BCUT2D eigenvalue weighted by molar-refractivity contribution is 0.359. The summed E-state index contributed by atoms with van der Waals surface area (Å²) in [5, 5.41) is 14.4. The first kappa shape index (κ1) is 22.9. The van der Waals surface area contributed by atoms with Crippen LogP contribution >= 0.6 is 0 Å². The quantitative estimate of drug-likeness (QED) is 0.329. The minimum Gasteiger partial charge on any atom is -0.496 e. The van der Waals surface area contributed by atoms with Gasteiger partial charge >= 0.3 is 0 Å². The van der Waals surface area contributed by atoms with Gasteiger partial charge in [-0.3, -0.25) is 0 Å². The van der Waals surface area contributed by atoms with Gasteiger partial charge in [-0.15, -0.1) is 0 Å². The Morgan fingerprint density at radius 2 is 1.77 bits per heavy atom. The molecule has 9 heteroatoms. The van der Waals surface area contributed by atoms with Crippen molar-refractivity contribution in [2.24, 2.45) is 0 Å². The normalized spacial score (nSPS) is 12.1. The van der Waals surface area contributed by atoms with Gasteiger partial charge in [0.05, 0.1) is 35.0 Å². The number of nitrogens with zero attached hydrogens (tertiary/aromatic N) is 5. The molecular weight excluding hydrogens is 442 g/mol. The topological polar surface area (TPSA) is 107 Å². The first-order valence-electron chi connectivity index (χ1n) is 11.6. The Morgan fingerprint density at radius 1 is 1.03 bits per heavy atom. The van der Waals surface area contributed by atoms with Crippen molar-refractivity contribution in [2.45, 2.75) is 60.9 Å². The molecule has 0 aliphatic heterocycles. The molecule has 0 saturated heterocycles. The van der Waals surface area contributed by atoms with Gasteiger partial charge in [0.15, 0.2) is 0 Å². The van der Waals surface area contributed by atoms with Crippen LogP contribution in [0.5, 0.6) is 5.75 Å². The van der Waals surface area contributed by atoms with Crippen molar-refractivity contribution < 1.29 is 9.26 Å². The third-order valence-corrected chi connectivity index (χ3v) is 6.42. The number of nitrogens with one attached hydrogen (secondary N) is 2. The average Bonchev–Trinajstić information content (AvgIpc) is 3.40. The maximum Gasteiger partial charge on any atom is 0.145 e. The van der Waals surface area contributed by atoms with Crippen molar-refractivity contribution in [3.63, 3.8) is 0 Å². The summed E-state index contributed by atoms with van der Waals surface area (Å²) in [5.41, 5.74) is 6.21. The van der Waals surface area contributed by atoms with Crippen LogP contribution in [-0.4, -0.2) is 37.0 Å². The van der Waals surface area contributed by atoms with E-state index in [1.54, 1.807) is 7.11 Å². The van der Waals surface area contributed by atoms with Crippen molar-refractivity contribution in [1.29, 1.82) is 0 Å². The number of methoxy groups -OCH3 is 1. The number of hydrogen-bond donors (Lipinski definition) is 2. The van der Waals surface area contributed by atoms with Crippen LogP contribution in [0, 0.1) is 34.6 Å². The Morgan fingerprint density at radius 3 is 2.40 bits per heavy atom. The van der Waals surface area contributed by atoms with Crippen molar-refractivity contribution in [3.05, 3.63) is 40.7 Å². The average molecular weight is 474 g/mol. The van der Waals surface area contributed by atoms with Crippen molar-refractivity contribution >= 4 is 33.6 Å². The number of ether oxygens (including phenoxy) is 1. The number of hydrogen-bond acceptors (Lipinski definition) is 7. The smallest absolute Gasteiger partial charge is 0.145 e. The molecule has 0 aliphatic rings. The zero-order valence-electron chi connectivity index (χ0n) is 21.7. The number of H-pyrrole nitrogens is 1. The highest BCUT2D eigenvalue weighted by atomic mass is 16.5. The molecule has 4 aromatic heterocycles. The minimum atomic E-state index is -0.199. The SMILES string of the molecule is COc1cc2c(cc1-c1c(C)noc1C)[nH]c1nc(C)nc(Nc3c(C)c(C)nn3C(C)(C)C)c12. The Balaban J connectivity index is 1.76. The van der Waals surface area contributed by atoms with E-state index in [1.807, 2.05) is 38.4 Å². The summed E-state index contributed by atoms with van der Waals surface area (Å²) in [6, 6.07) is 4.09. The fourth-order valence-electron chi connectivity index (χ4n) is 4.61. The van der Waals surface area contributed by atoms with Gasteiger partial charge in [0.2, 0.25) is 0 Å². The predicted molar refractivity (Wildman–Crippen MR) is 138 cm³/mol. The van der Waals surface area contributed by atoms with Crippen molar-refractivity contribution in [1.82, 2.24) is 29.9 Å². The molecule has 0 bridgehead atoms. The number of aryl methyl sites for hydroxylation is 4. The van der Waals surface area contributed by atoms with Crippen LogP contribution in [-0.2, 0) is 5.54 Å². The van der Waals surface area contributed by atoms with E-state index in [1.165, 1.54) is 0 Å². The number of rotatable bonds is 4. The number of aromatic nitrogens is 6. The summed E-state index contributed by atoms with van der Waals surface area (Å²) < 4.78 is 13.3. The summed E-state index contributed by atoms with van der Waals surface area (Å²) in [6.07, 6.45) is 0. The van der Waals surface area contributed by atoms with E-state index in [0.717, 1.165) is 73.2 Å².